The summed E-state index contributed by atoms with van der Waals surface area (Å²) in [5.74, 6) is -0.655. The molecule has 6 nitrogen and oxygen atoms in total. The van der Waals surface area contributed by atoms with E-state index in [1.54, 1.807) is 20.8 Å². The maximum absolute atomic E-state index is 13.8. The van der Waals surface area contributed by atoms with Crippen LogP contribution in [0.25, 0.3) is 0 Å². The highest BCUT2D eigenvalue weighted by atomic mass is 19.1. The molecule has 7 heteroatoms. The molecule has 1 unspecified atom stereocenters. The molecule has 2 atom stereocenters. The third-order valence-corrected chi connectivity index (χ3v) is 4.85. The van der Waals surface area contributed by atoms with Crippen molar-refractivity contribution in [3.05, 3.63) is 35.1 Å². The van der Waals surface area contributed by atoms with Crippen molar-refractivity contribution in [3.8, 4) is 0 Å². The molecule has 3 rings (SSSR count). The molecule has 0 N–H and O–H groups in total. The van der Waals surface area contributed by atoms with Crippen LogP contribution in [0.1, 0.15) is 62.4 Å². The number of Topliss-reactive ketones (excluding diaryl/α,β-unsaturated/α-hetero) is 1. The molecule has 154 valence electrons. The Morgan fingerprint density at radius 1 is 1.25 bits per heavy atom. The predicted molar refractivity (Wildman–Crippen MR) is 100 cm³/mol. The molecular formula is C21H28FNO5. The van der Waals surface area contributed by atoms with E-state index in [-0.39, 0.29) is 18.7 Å². The lowest BCUT2D eigenvalue weighted by Gasteiger charge is -2.40. The molecule has 1 amide bonds. The van der Waals surface area contributed by atoms with Gasteiger partial charge in [-0.2, -0.15) is 0 Å². The summed E-state index contributed by atoms with van der Waals surface area (Å²) >= 11 is 0. The number of carbonyl (C=O) groups excluding carboxylic acids is 2. The topological polar surface area (TPSA) is 65.1 Å². The van der Waals surface area contributed by atoms with E-state index in [9.17, 15) is 14.0 Å². The maximum Gasteiger partial charge on any atom is 0.410 e. The lowest BCUT2D eigenvalue weighted by molar-refractivity contribution is -0.169. The lowest BCUT2D eigenvalue weighted by Crippen LogP contribution is -2.56. The summed E-state index contributed by atoms with van der Waals surface area (Å²) in [5, 5.41) is 0. The first-order valence-electron chi connectivity index (χ1n) is 9.80. The van der Waals surface area contributed by atoms with Crippen LogP contribution in [-0.4, -0.2) is 47.9 Å². The number of rotatable bonds is 5. The first-order chi connectivity index (χ1) is 13.2. The van der Waals surface area contributed by atoms with Gasteiger partial charge in [0.05, 0.1) is 6.61 Å². The maximum atomic E-state index is 13.8. The minimum atomic E-state index is -0.630. The molecule has 0 bridgehead atoms. The van der Waals surface area contributed by atoms with E-state index in [1.807, 2.05) is 0 Å². The Bertz CT molecular complexity index is 724. The third kappa shape index (κ3) is 5.08. The highest BCUT2D eigenvalue weighted by Gasteiger charge is 2.40. The van der Waals surface area contributed by atoms with Crippen LogP contribution in [-0.2, 0) is 20.8 Å². The SMILES string of the molecule is CC(C)(C)OC(=O)N1CC[C@H]1C(=O)c1ccc(F)cc1COC1CCCCO1. The predicted octanol–water partition coefficient (Wildman–Crippen LogP) is 4.06. The molecule has 2 aliphatic rings. The van der Waals surface area contributed by atoms with Crippen molar-refractivity contribution in [2.75, 3.05) is 13.2 Å². The molecule has 1 aromatic carbocycles. The number of hydrogen-bond acceptors (Lipinski definition) is 5. The fraction of sp³-hybridized carbons (Fsp3) is 0.619. The molecule has 0 aliphatic carbocycles. The number of amides is 1. The molecule has 0 spiro atoms. The molecule has 0 aromatic heterocycles. The van der Waals surface area contributed by atoms with Crippen LogP contribution in [0.15, 0.2) is 18.2 Å². The number of ether oxygens (including phenoxy) is 3. The standard InChI is InChI=1S/C21H28FNO5/c1-21(2,3)28-20(25)23-10-9-17(23)19(24)16-8-7-15(22)12-14(16)13-27-18-6-4-5-11-26-18/h7-8,12,17-18H,4-6,9-11,13H2,1-3H3/t17-,18?/m0/s1. The van der Waals surface area contributed by atoms with Crippen molar-refractivity contribution in [2.45, 2.75) is 71.0 Å². The van der Waals surface area contributed by atoms with Gasteiger partial charge < -0.3 is 14.2 Å². The molecule has 1 aromatic rings. The smallest absolute Gasteiger partial charge is 0.410 e. The lowest BCUT2D eigenvalue weighted by atomic mass is 9.91. The zero-order chi connectivity index (χ0) is 20.3. The van der Waals surface area contributed by atoms with E-state index in [2.05, 4.69) is 0 Å². The fourth-order valence-corrected chi connectivity index (χ4v) is 3.33. The molecule has 2 aliphatic heterocycles. The van der Waals surface area contributed by atoms with Gasteiger partial charge in [0.1, 0.15) is 17.5 Å². The van der Waals surface area contributed by atoms with Crippen LogP contribution in [0.3, 0.4) is 0 Å². The van der Waals surface area contributed by atoms with Crippen LogP contribution in [0, 0.1) is 5.82 Å². The van der Waals surface area contributed by atoms with E-state index in [0.29, 0.717) is 30.7 Å². The highest BCUT2D eigenvalue weighted by Crippen LogP contribution is 2.27. The van der Waals surface area contributed by atoms with Gasteiger partial charge in [-0.3, -0.25) is 9.69 Å². The molecule has 0 saturated carbocycles. The average molecular weight is 393 g/mol. The van der Waals surface area contributed by atoms with Crippen molar-refractivity contribution in [1.82, 2.24) is 4.90 Å². The van der Waals surface area contributed by atoms with Gasteiger partial charge >= 0.3 is 6.09 Å². The Labute approximate surface area is 164 Å². The quantitative estimate of drug-likeness (QED) is 0.706. The molecule has 28 heavy (non-hydrogen) atoms. The van der Waals surface area contributed by atoms with E-state index in [1.165, 1.54) is 23.1 Å². The van der Waals surface area contributed by atoms with Gasteiger partial charge in [-0.15, -0.1) is 0 Å². The summed E-state index contributed by atoms with van der Waals surface area (Å²) in [6.07, 6.45) is 2.53. The van der Waals surface area contributed by atoms with Gasteiger partial charge in [-0.05, 0) is 70.2 Å². The average Bonchev–Trinajstić information content (AvgIpc) is 2.58. The number of hydrogen-bond donors (Lipinski definition) is 0. The second-order valence-corrected chi connectivity index (χ2v) is 8.25. The number of halogens is 1. The second kappa shape index (κ2) is 8.57. The van der Waals surface area contributed by atoms with E-state index >= 15 is 0 Å². The normalized spacial score (nSPS) is 22.5. The van der Waals surface area contributed by atoms with Gasteiger partial charge in [0.2, 0.25) is 0 Å². The van der Waals surface area contributed by atoms with Crippen molar-refractivity contribution in [1.29, 1.82) is 0 Å². The summed E-state index contributed by atoms with van der Waals surface area (Å²) in [7, 11) is 0. The Morgan fingerprint density at radius 2 is 2.04 bits per heavy atom. The molecular weight excluding hydrogens is 365 g/mol. The minimum Gasteiger partial charge on any atom is -0.444 e. The largest absolute Gasteiger partial charge is 0.444 e. The molecule has 2 heterocycles. The van der Waals surface area contributed by atoms with Crippen LogP contribution in [0.2, 0.25) is 0 Å². The van der Waals surface area contributed by atoms with Crippen molar-refractivity contribution >= 4 is 11.9 Å². The minimum absolute atomic E-state index is 0.0860. The van der Waals surface area contributed by atoms with Crippen LogP contribution >= 0.6 is 0 Å². The van der Waals surface area contributed by atoms with Gasteiger partial charge in [0.15, 0.2) is 12.1 Å². The summed E-state index contributed by atoms with van der Waals surface area (Å²) in [6.45, 7) is 6.54. The van der Waals surface area contributed by atoms with Crippen molar-refractivity contribution < 1.29 is 28.2 Å². The van der Waals surface area contributed by atoms with E-state index < -0.39 is 23.6 Å². The summed E-state index contributed by atoms with van der Waals surface area (Å²) in [6, 6.07) is 3.44. The van der Waals surface area contributed by atoms with E-state index in [0.717, 1.165) is 19.3 Å². The molecule has 2 fully saturated rings. The van der Waals surface area contributed by atoms with Gasteiger partial charge in [0.25, 0.3) is 0 Å². The van der Waals surface area contributed by atoms with Crippen molar-refractivity contribution in [3.63, 3.8) is 0 Å². The number of nitrogens with zero attached hydrogens (tertiary/aromatic N) is 1. The molecule has 0 radical (unpaired) electrons. The Balaban J connectivity index is 1.69. The van der Waals surface area contributed by atoms with Crippen LogP contribution < -0.4 is 0 Å². The highest BCUT2D eigenvalue weighted by molar-refractivity contribution is 6.03. The van der Waals surface area contributed by atoms with Crippen molar-refractivity contribution in [2.24, 2.45) is 0 Å². The van der Waals surface area contributed by atoms with Gasteiger partial charge in [0, 0.05) is 18.7 Å². The fourth-order valence-electron chi connectivity index (χ4n) is 3.33. The Kier molecular flexibility index (Phi) is 6.35. The Morgan fingerprint density at radius 3 is 2.64 bits per heavy atom. The first kappa shape index (κ1) is 20.7. The Hall–Kier alpha value is -1.99. The number of carbonyl (C=O) groups is 2. The molecule has 2 saturated heterocycles. The first-order valence-corrected chi connectivity index (χ1v) is 9.80. The monoisotopic (exact) mass is 393 g/mol. The summed E-state index contributed by atoms with van der Waals surface area (Å²) < 4.78 is 30.4. The number of benzene rings is 1. The second-order valence-electron chi connectivity index (χ2n) is 8.25. The number of ketones is 1. The number of likely N-dealkylation sites (tertiary alicyclic amines) is 1. The summed E-state index contributed by atoms with van der Waals surface area (Å²) in [4.78, 5) is 26.8. The van der Waals surface area contributed by atoms with Crippen LogP contribution in [0.4, 0.5) is 9.18 Å². The zero-order valence-corrected chi connectivity index (χ0v) is 16.7. The summed E-state index contributed by atoms with van der Waals surface area (Å²) in [5.41, 5.74) is 0.209. The zero-order valence-electron chi connectivity index (χ0n) is 16.7. The van der Waals surface area contributed by atoms with Crippen LogP contribution in [0.5, 0.6) is 0 Å². The van der Waals surface area contributed by atoms with E-state index in [4.69, 9.17) is 14.2 Å². The van der Waals surface area contributed by atoms with Gasteiger partial charge in [-0.25, -0.2) is 9.18 Å². The van der Waals surface area contributed by atoms with Gasteiger partial charge in [-0.1, -0.05) is 0 Å². The third-order valence-electron chi connectivity index (χ3n) is 4.85.